The van der Waals surface area contributed by atoms with Crippen molar-refractivity contribution in [3.05, 3.63) is 131 Å². The monoisotopic (exact) mass is 897 g/mol. The molecule has 1 N–H and O–H groups in total. The predicted octanol–water partition coefficient (Wildman–Crippen LogP) is 7.12. The zero-order chi connectivity index (χ0) is 44.2. The number of hydrogen-bond donors (Lipinski definition) is 1. The van der Waals surface area contributed by atoms with Crippen molar-refractivity contribution in [1.29, 1.82) is 0 Å². The van der Waals surface area contributed by atoms with Gasteiger partial charge in [-0.05, 0) is 70.5 Å². The number of piperidine rings is 1. The Morgan fingerprint density at radius 2 is 1.35 bits per heavy atom. The third-order valence-corrected chi connectivity index (χ3v) is 11.9. The number of likely N-dealkylation sites (N-methyl/N-ethyl adjacent to an activating group) is 1. The van der Waals surface area contributed by atoms with E-state index in [9.17, 15) is 19.2 Å². The van der Waals surface area contributed by atoms with Gasteiger partial charge in [-0.1, -0.05) is 78.9 Å². The van der Waals surface area contributed by atoms with Crippen LogP contribution in [0.25, 0.3) is 11.1 Å². The van der Waals surface area contributed by atoms with Gasteiger partial charge >= 0.3 is 0 Å². The van der Waals surface area contributed by atoms with E-state index in [-0.39, 0.29) is 30.6 Å². The lowest BCUT2D eigenvalue weighted by molar-refractivity contribution is -0.137. The first kappa shape index (κ1) is 47.5. The lowest BCUT2D eigenvalue weighted by atomic mass is 9.88. The Hall–Kier alpha value is -5.02. The number of benzene rings is 4. The number of halogens is 1. The van der Waals surface area contributed by atoms with Crippen molar-refractivity contribution in [2.75, 3.05) is 84.7 Å². The van der Waals surface area contributed by atoms with Gasteiger partial charge in [0.2, 0.25) is 17.7 Å². The molecular weight excluding hydrogens is 842 g/mol. The number of alkyl halides is 1. The molecule has 4 amide bonds. The third-order valence-electron chi connectivity index (χ3n) is 10.7. The van der Waals surface area contributed by atoms with Crippen LogP contribution in [-0.4, -0.2) is 124 Å². The SMILES string of the molecule is CN(CCOc1ccc(/C(=C(/CCCl)c2ccccc2)c2ccccc2)cc1)C(=O)CCOCCOCCOCCOCCSc1cccc2c1CN(C1CCC(=O)NC1=O)C2=O. The van der Waals surface area contributed by atoms with E-state index < -0.39 is 11.9 Å². The minimum Gasteiger partial charge on any atom is -0.492 e. The highest BCUT2D eigenvalue weighted by atomic mass is 35.5. The van der Waals surface area contributed by atoms with E-state index in [4.69, 9.17) is 35.3 Å². The van der Waals surface area contributed by atoms with Crippen LogP contribution in [0.5, 0.6) is 5.75 Å². The molecule has 2 aliphatic heterocycles. The van der Waals surface area contributed by atoms with Gasteiger partial charge < -0.3 is 33.5 Å². The van der Waals surface area contributed by atoms with Crippen LogP contribution in [0.15, 0.2) is 108 Å². The van der Waals surface area contributed by atoms with E-state index in [0.29, 0.717) is 96.2 Å². The maximum atomic E-state index is 13.0. The zero-order valence-electron chi connectivity index (χ0n) is 35.8. The third kappa shape index (κ3) is 14.0. The van der Waals surface area contributed by atoms with Crippen LogP contribution >= 0.6 is 23.4 Å². The van der Waals surface area contributed by atoms with Crippen molar-refractivity contribution in [3.63, 3.8) is 0 Å². The predicted molar refractivity (Wildman–Crippen MR) is 245 cm³/mol. The minimum atomic E-state index is -0.631. The molecule has 1 atom stereocenters. The molecule has 63 heavy (non-hydrogen) atoms. The molecule has 0 bridgehead atoms. The number of ether oxygens (including phenoxy) is 5. The molecule has 12 nitrogen and oxygen atoms in total. The Kier molecular flexibility index (Phi) is 19.1. The van der Waals surface area contributed by atoms with Crippen molar-refractivity contribution in [2.45, 2.75) is 43.2 Å². The molecule has 14 heteroatoms. The summed E-state index contributed by atoms with van der Waals surface area (Å²) in [7, 11) is 1.77. The molecule has 334 valence electrons. The fourth-order valence-electron chi connectivity index (χ4n) is 7.43. The molecule has 4 aromatic carbocycles. The van der Waals surface area contributed by atoms with Crippen molar-refractivity contribution in [1.82, 2.24) is 15.1 Å². The van der Waals surface area contributed by atoms with Gasteiger partial charge in [-0.3, -0.25) is 24.5 Å². The Bertz CT molecular complexity index is 2140. The maximum Gasteiger partial charge on any atom is 0.255 e. The molecule has 0 saturated carbocycles. The van der Waals surface area contributed by atoms with E-state index in [0.717, 1.165) is 44.9 Å². The summed E-state index contributed by atoms with van der Waals surface area (Å²) in [5.74, 6) is 1.03. The van der Waals surface area contributed by atoms with E-state index in [2.05, 4.69) is 41.7 Å². The Morgan fingerprint density at radius 3 is 2.00 bits per heavy atom. The number of imide groups is 1. The lowest BCUT2D eigenvalue weighted by Crippen LogP contribution is -2.52. The Balaban J connectivity index is 0.777. The van der Waals surface area contributed by atoms with Crippen LogP contribution in [0.1, 0.15) is 58.3 Å². The quantitative estimate of drug-likeness (QED) is 0.0229. The first-order valence-electron chi connectivity index (χ1n) is 21.4. The number of rotatable bonds is 26. The molecule has 0 aliphatic carbocycles. The molecule has 1 fully saturated rings. The molecule has 2 aliphatic rings. The number of hydrogen-bond acceptors (Lipinski definition) is 10. The second-order valence-electron chi connectivity index (χ2n) is 14.9. The summed E-state index contributed by atoms with van der Waals surface area (Å²) in [6.07, 6.45) is 1.56. The largest absolute Gasteiger partial charge is 0.492 e. The van der Waals surface area contributed by atoms with Gasteiger partial charge in [-0.2, -0.15) is 0 Å². The summed E-state index contributed by atoms with van der Waals surface area (Å²) in [4.78, 5) is 53.8. The number of nitrogens with zero attached hydrogens (tertiary/aromatic N) is 2. The topological polar surface area (TPSA) is 133 Å². The highest BCUT2D eigenvalue weighted by Gasteiger charge is 2.39. The van der Waals surface area contributed by atoms with Gasteiger partial charge in [-0.15, -0.1) is 23.4 Å². The normalized spacial score (nSPS) is 15.2. The van der Waals surface area contributed by atoms with Crippen LogP contribution in [0.4, 0.5) is 0 Å². The highest BCUT2D eigenvalue weighted by molar-refractivity contribution is 7.99. The Morgan fingerprint density at radius 1 is 0.730 bits per heavy atom. The number of fused-ring (bicyclic) bond motifs is 1. The summed E-state index contributed by atoms with van der Waals surface area (Å²) >= 11 is 7.91. The molecule has 0 spiro atoms. The highest BCUT2D eigenvalue weighted by Crippen LogP contribution is 2.36. The fraction of sp³-hybridized carbons (Fsp3) is 0.388. The molecule has 6 rings (SSSR count). The summed E-state index contributed by atoms with van der Waals surface area (Å²) in [6.45, 7) is 4.49. The van der Waals surface area contributed by atoms with E-state index in [1.165, 1.54) is 5.57 Å². The first-order valence-corrected chi connectivity index (χ1v) is 22.9. The van der Waals surface area contributed by atoms with Crippen molar-refractivity contribution >= 4 is 58.1 Å². The van der Waals surface area contributed by atoms with E-state index in [1.807, 2.05) is 60.7 Å². The number of carbonyl (C=O) groups is 4. The summed E-state index contributed by atoms with van der Waals surface area (Å²) in [6, 6.07) is 33.8. The van der Waals surface area contributed by atoms with Gasteiger partial charge in [0.05, 0.1) is 65.8 Å². The van der Waals surface area contributed by atoms with Crippen LogP contribution in [0.3, 0.4) is 0 Å². The molecule has 2 heterocycles. The fourth-order valence-corrected chi connectivity index (χ4v) is 8.56. The van der Waals surface area contributed by atoms with E-state index >= 15 is 0 Å². The van der Waals surface area contributed by atoms with Crippen molar-refractivity contribution in [3.8, 4) is 5.75 Å². The summed E-state index contributed by atoms with van der Waals surface area (Å²) in [5, 5.41) is 2.34. The van der Waals surface area contributed by atoms with Crippen LogP contribution in [-0.2, 0) is 39.9 Å². The van der Waals surface area contributed by atoms with Crippen molar-refractivity contribution in [2.24, 2.45) is 0 Å². The maximum absolute atomic E-state index is 13.0. The zero-order valence-corrected chi connectivity index (χ0v) is 37.3. The molecule has 0 radical (unpaired) electrons. The van der Waals surface area contributed by atoms with Crippen LogP contribution < -0.4 is 10.1 Å². The number of thioether (sulfide) groups is 1. The van der Waals surface area contributed by atoms with Crippen LogP contribution in [0, 0.1) is 0 Å². The summed E-state index contributed by atoms with van der Waals surface area (Å²) < 4.78 is 28.5. The second-order valence-corrected chi connectivity index (χ2v) is 16.5. The molecule has 1 unspecified atom stereocenters. The van der Waals surface area contributed by atoms with Crippen LogP contribution in [0.2, 0.25) is 0 Å². The summed E-state index contributed by atoms with van der Waals surface area (Å²) in [5.41, 5.74) is 7.19. The minimum absolute atomic E-state index is 0.0205. The van der Waals surface area contributed by atoms with Crippen molar-refractivity contribution < 1.29 is 42.9 Å². The number of allylic oxidation sites excluding steroid dienone is 1. The molecule has 4 aromatic rings. The lowest BCUT2D eigenvalue weighted by Gasteiger charge is -2.29. The molecule has 0 aromatic heterocycles. The van der Waals surface area contributed by atoms with Gasteiger partial charge in [0.1, 0.15) is 18.4 Å². The second kappa shape index (κ2) is 25.3. The number of nitrogens with one attached hydrogen (secondary N) is 1. The molecule has 1 saturated heterocycles. The van der Waals surface area contributed by atoms with Gasteiger partial charge in [-0.25, -0.2) is 0 Å². The first-order chi connectivity index (χ1) is 30.8. The van der Waals surface area contributed by atoms with E-state index in [1.54, 1.807) is 34.7 Å². The van der Waals surface area contributed by atoms with Gasteiger partial charge in [0.25, 0.3) is 5.91 Å². The number of amides is 4. The molecular formula is C49H56ClN3O9S. The number of carbonyl (C=O) groups excluding carboxylic acids is 4. The average Bonchev–Trinajstić information content (AvgIpc) is 3.64. The Labute approximate surface area is 379 Å². The smallest absolute Gasteiger partial charge is 0.255 e. The standard InChI is InChI=1S/C49H56ClN3O9S/c1-52(24-26-62-39-17-15-38(16-18-39)47(37-11-6-3-7-12-37)40(21-23-50)36-9-4-2-5-10-36)46(55)22-25-58-27-28-59-29-30-60-31-32-61-33-34-63-44-14-8-13-41-42(44)35-53(49(41)57)43-19-20-45(54)51-48(43)56/h2-18,43H,19-35H2,1H3,(H,51,54,56)/b47-40-. The van der Waals surface area contributed by atoms with Gasteiger partial charge in [0, 0.05) is 42.1 Å². The van der Waals surface area contributed by atoms with Gasteiger partial charge in [0.15, 0.2) is 0 Å². The average molecular weight is 899 g/mol.